The molecule has 1 aromatic rings. The average molecular weight is 493 g/mol. The maximum atomic E-state index is 12.2. The lowest BCUT2D eigenvalue weighted by Gasteiger charge is -2.42. The van der Waals surface area contributed by atoms with Crippen LogP contribution < -0.4 is 10.7 Å². The van der Waals surface area contributed by atoms with Crippen molar-refractivity contribution in [2.75, 3.05) is 32.6 Å². The highest BCUT2D eigenvalue weighted by Gasteiger charge is 2.40. The second-order valence-corrected chi connectivity index (χ2v) is 9.78. The number of aliphatic hydroxyl groups is 1. The Bertz CT molecular complexity index is 716. The van der Waals surface area contributed by atoms with Crippen LogP contribution in [0.15, 0.2) is 29.4 Å². The monoisotopic (exact) mass is 492 g/mol. The standard InChI is InChI=1S/C19H35N3O2.C7H8FN.C2H6/c1-14(2)10-16-11-17(12-16)19(21-20-3)22(18-4-5-18)13-15(6-8-23)7-9-24;1-9-7-4-2-6(8)3-5-7;1-2/h8,14-18,20,24H,4-7,9-13H2,1-3H3;2-5,9H,1H3;1-2H3/b21-19-;;/t15-,16?,17?;;/m1../s1. The minimum Gasteiger partial charge on any atom is -0.396 e. The number of carbonyl (C=O) groups excluding carboxylic acids is 1. The number of hydrazone groups is 1. The van der Waals surface area contributed by atoms with Gasteiger partial charge in [0.1, 0.15) is 17.9 Å². The molecule has 0 saturated heterocycles. The van der Waals surface area contributed by atoms with E-state index in [-0.39, 0.29) is 18.3 Å². The molecule has 0 amide bonds. The molecule has 0 spiro atoms. The van der Waals surface area contributed by atoms with Crippen molar-refractivity contribution >= 4 is 17.8 Å². The van der Waals surface area contributed by atoms with Crippen molar-refractivity contribution in [3.8, 4) is 0 Å². The predicted octanol–water partition coefficient (Wildman–Crippen LogP) is 5.54. The second-order valence-electron chi connectivity index (χ2n) is 9.78. The number of nitrogens with one attached hydrogen (secondary N) is 2. The summed E-state index contributed by atoms with van der Waals surface area (Å²) in [5.74, 6) is 3.36. The summed E-state index contributed by atoms with van der Waals surface area (Å²) >= 11 is 0. The fraction of sp³-hybridized carbons (Fsp3) is 0.714. The molecule has 0 heterocycles. The number of carbonyl (C=O) groups is 1. The number of aldehydes is 1. The molecule has 2 saturated carbocycles. The van der Waals surface area contributed by atoms with Gasteiger partial charge in [-0.05, 0) is 80.5 Å². The van der Waals surface area contributed by atoms with Crippen LogP contribution in [0.25, 0.3) is 0 Å². The summed E-state index contributed by atoms with van der Waals surface area (Å²) in [6, 6.07) is 6.80. The molecule has 0 aromatic heterocycles. The quantitative estimate of drug-likeness (QED) is 0.155. The van der Waals surface area contributed by atoms with Crippen LogP contribution >= 0.6 is 0 Å². The Kier molecular flexibility index (Phi) is 15.3. The Morgan fingerprint density at radius 3 is 2.29 bits per heavy atom. The number of nitrogens with zero attached hydrogens (tertiary/aromatic N) is 2. The van der Waals surface area contributed by atoms with Crippen LogP contribution in [0, 0.1) is 29.5 Å². The van der Waals surface area contributed by atoms with Gasteiger partial charge in [-0.25, -0.2) is 4.39 Å². The largest absolute Gasteiger partial charge is 0.396 e. The molecule has 0 radical (unpaired) electrons. The van der Waals surface area contributed by atoms with E-state index in [1.165, 1.54) is 50.1 Å². The third kappa shape index (κ3) is 11.4. The van der Waals surface area contributed by atoms with E-state index in [0.717, 1.165) is 30.4 Å². The molecule has 0 aliphatic heterocycles. The maximum absolute atomic E-state index is 12.2. The summed E-state index contributed by atoms with van der Waals surface area (Å²) in [4.78, 5) is 13.4. The van der Waals surface area contributed by atoms with Gasteiger partial charge in [0.25, 0.3) is 0 Å². The van der Waals surface area contributed by atoms with Crippen molar-refractivity contribution < 1.29 is 14.3 Å². The first-order valence-corrected chi connectivity index (χ1v) is 13.4. The SMILES string of the molecule is CC.CN/N=C(/C1CC(CC(C)C)C1)N(C[C@H](CC=O)CCO)C1CC1.CNc1ccc(F)cc1. The summed E-state index contributed by atoms with van der Waals surface area (Å²) in [6.07, 6.45) is 8.43. The summed E-state index contributed by atoms with van der Waals surface area (Å²) in [5.41, 5.74) is 3.93. The van der Waals surface area contributed by atoms with Crippen LogP contribution in [0.3, 0.4) is 0 Å². The molecular weight excluding hydrogens is 443 g/mol. The number of halogens is 1. The van der Waals surface area contributed by atoms with Gasteiger partial charge in [-0.1, -0.05) is 27.7 Å². The van der Waals surface area contributed by atoms with Crippen LogP contribution in [-0.2, 0) is 4.79 Å². The maximum Gasteiger partial charge on any atom is 0.128 e. The van der Waals surface area contributed by atoms with Crippen molar-refractivity contribution in [1.29, 1.82) is 0 Å². The van der Waals surface area contributed by atoms with Crippen LogP contribution in [0.1, 0.15) is 72.6 Å². The van der Waals surface area contributed by atoms with Gasteiger partial charge >= 0.3 is 0 Å². The van der Waals surface area contributed by atoms with Gasteiger partial charge in [0.05, 0.1) is 0 Å². The lowest BCUT2D eigenvalue weighted by Crippen LogP contribution is -2.46. The van der Waals surface area contributed by atoms with Gasteiger partial charge < -0.3 is 25.5 Å². The van der Waals surface area contributed by atoms with E-state index >= 15 is 0 Å². The molecule has 3 N–H and O–H groups in total. The number of hydrogen-bond acceptors (Lipinski definition) is 5. The smallest absolute Gasteiger partial charge is 0.128 e. The molecule has 1 aromatic carbocycles. The highest BCUT2D eigenvalue weighted by atomic mass is 19.1. The molecule has 6 nitrogen and oxygen atoms in total. The van der Waals surface area contributed by atoms with E-state index in [9.17, 15) is 14.3 Å². The number of aliphatic hydroxyl groups excluding tert-OH is 1. The van der Waals surface area contributed by atoms with Crippen molar-refractivity contribution in [3.63, 3.8) is 0 Å². The topological polar surface area (TPSA) is 77.0 Å². The molecule has 200 valence electrons. The van der Waals surface area contributed by atoms with Crippen molar-refractivity contribution in [1.82, 2.24) is 10.3 Å². The zero-order valence-electron chi connectivity index (χ0n) is 22.8. The molecule has 1 atom stereocenters. The third-order valence-corrected chi connectivity index (χ3v) is 6.47. The summed E-state index contributed by atoms with van der Waals surface area (Å²) in [7, 11) is 3.67. The molecule has 7 heteroatoms. The van der Waals surface area contributed by atoms with Gasteiger partial charge in [-0.15, -0.1) is 0 Å². The molecule has 2 aliphatic rings. The van der Waals surface area contributed by atoms with Crippen LogP contribution in [0.2, 0.25) is 0 Å². The molecule has 35 heavy (non-hydrogen) atoms. The predicted molar refractivity (Wildman–Crippen MR) is 145 cm³/mol. The molecule has 2 aliphatic carbocycles. The fourth-order valence-electron chi connectivity index (χ4n) is 4.62. The second kappa shape index (κ2) is 17.3. The first kappa shape index (κ1) is 30.9. The van der Waals surface area contributed by atoms with Crippen molar-refractivity contribution in [2.24, 2.45) is 28.8 Å². The van der Waals surface area contributed by atoms with E-state index in [4.69, 9.17) is 0 Å². The van der Waals surface area contributed by atoms with Crippen LogP contribution in [-0.4, -0.2) is 55.4 Å². The number of anilines is 1. The summed E-state index contributed by atoms with van der Waals surface area (Å²) < 4.78 is 12.2. The molecule has 0 bridgehead atoms. The Hall–Kier alpha value is -2.15. The molecule has 3 rings (SSSR count). The third-order valence-electron chi connectivity index (χ3n) is 6.47. The number of amidine groups is 1. The van der Waals surface area contributed by atoms with E-state index in [0.29, 0.717) is 24.8 Å². The number of hydrogen-bond donors (Lipinski definition) is 3. The Morgan fingerprint density at radius 2 is 1.83 bits per heavy atom. The van der Waals surface area contributed by atoms with E-state index < -0.39 is 0 Å². The average Bonchev–Trinajstić information content (AvgIpc) is 3.66. The highest BCUT2D eigenvalue weighted by Crippen LogP contribution is 2.41. The van der Waals surface area contributed by atoms with Gasteiger partial charge in [-0.2, -0.15) is 5.10 Å². The number of rotatable bonds is 12. The van der Waals surface area contributed by atoms with E-state index in [1.807, 2.05) is 20.9 Å². The van der Waals surface area contributed by atoms with Gasteiger partial charge in [0.2, 0.25) is 0 Å². The summed E-state index contributed by atoms with van der Waals surface area (Å²) in [5, 5.41) is 16.8. The van der Waals surface area contributed by atoms with E-state index in [1.54, 1.807) is 19.2 Å². The van der Waals surface area contributed by atoms with Crippen LogP contribution in [0.4, 0.5) is 10.1 Å². The summed E-state index contributed by atoms with van der Waals surface area (Å²) in [6.45, 7) is 9.59. The van der Waals surface area contributed by atoms with E-state index in [2.05, 4.69) is 34.6 Å². The zero-order chi connectivity index (χ0) is 26.2. The van der Waals surface area contributed by atoms with Gasteiger partial charge in [-0.3, -0.25) is 0 Å². The Morgan fingerprint density at radius 1 is 1.20 bits per heavy atom. The first-order valence-electron chi connectivity index (χ1n) is 13.4. The zero-order valence-corrected chi connectivity index (χ0v) is 22.8. The van der Waals surface area contributed by atoms with Crippen LogP contribution in [0.5, 0.6) is 0 Å². The molecular formula is C28H49FN4O2. The Balaban J connectivity index is 0.000000464. The lowest BCUT2D eigenvalue weighted by atomic mass is 9.70. The number of benzene rings is 1. The minimum atomic E-state index is -0.200. The minimum absolute atomic E-state index is 0.148. The Labute approximate surface area is 212 Å². The van der Waals surface area contributed by atoms with Crippen molar-refractivity contribution in [2.45, 2.75) is 78.7 Å². The normalized spacial score (nSPS) is 19.9. The molecule has 2 fully saturated rings. The fourth-order valence-corrected chi connectivity index (χ4v) is 4.62. The first-order chi connectivity index (χ1) is 16.9. The van der Waals surface area contributed by atoms with Gasteiger partial charge in [0.15, 0.2) is 0 Å². The van der Waals surface area contributed by atoms with Crippen molar-refractivity contribution in [3.05, 3.63) is 30.1 Å². The lowest BCUT2D eigenvalue weighted by molar-refractivity contribution is -0.108. The highest BCUT2D eigenvalue weighted by molar-refractivity contribution is 5.86. The molecule has 0 unspecified atom stereocenters. The van der Waals surface area contributed by atoms with Gasteiger partial charge in [0, 0.05) is 51.3 Å².